The number of aromatic nitrogens is 3. The van der Waals surface area contributed by atoms with Gasteiger partial charge in [-0.15, -0.1) is 11.6 Å². The summed E-state index contributed by atoms with van der Waals surface area (Å²) in [7, 11) is 0. The van der Waals surface area contributed by atoms with Crippen LogP contribution in [0.15, 0.2) is 18.5 Å². The molecule has 0 saturated heterocycles. The molecule has 2 heterocycles. The third kappa shape index (κ3) is 2.46. The zero-order chi connectivity index (χ0) is 13.1. The summed E-state index contributed by atoms with van der Waals surface area (Å²) in [4.78, 5) is 20.1. The summed E-state index contributed by atoms with van der Waals surface area (Å²) in [6, 6.07) is 1.84. The Labute approximate surface area is 110 Å². The first kappa shape index (κ1) is 12.8. The summed E-state index contributed by atoms with van der Waals surface area (Å²) in [6.07, 6.45) is 3.35. The average molecular weight is 267 g/mol. The molecule has 0 aliphatic carbocycles. The minimum absolute atomic E-state index is 0.0489. The van der Waals surface area contributed by atoms with Crippen LogP contribution in [0.3, 0.4) is 0 Å². The third-order valence-electron chi connectivity index (χ3n) is 2.61. The number of alkyl halides is 1. The lowest BCUT2D eigenvalue weighted by molar-refractivity contribution is -0.121. The first-order chi connectivity index (χ1) is 8.63. The van der Waals surface area contributed by atoms with Crippen LogP contribution in [0.4, 0.5) is 0 Å². The maximum Gasteiger partial charge on any atom is 0.239 e. The quantitative estimate of drug-likeness (QED) is 0.860. The van der Waals surface area contributed by atoms with Gasteiger partial charge in [-0.3, -0.25) is 9.78 Å². The first-order valence-corrected chi connectivity index (χ1v) is 6.28. The molecule has 2 rings (SSSR count). The molecule has 0 aliphatic heterocycles. The van der Waals surface area contributed by atoms with Gasteiger partial charge in [-0.1, -0.05) is 0 Å². The molecular weight excluding hydrogens is 252 g/mol. The molecule has 0 aromatic carbocycles. The standard InChI is InChI=1S/C12H15ClN4O/c1-3-15-11(18)7-17-10-4-5-14-6-9(10)16-12(17)8(2)13/h4-6,8H,3,7H2,1-2H3,(H,15,18). The van der Waals surface area contributed by atoms with Crippen LogP contribution in [0.1, 0.15) is 25.0 Å². The summed E-state index contributed by atoms with van der Waals surface area (Å²) < 4.78 is 1.83. The topological polar surface area (TPSA) is 59.8 Å². The van der Waals surface area contributed by atoms with Gasteiger partial charge in [0, 0.05) is 12.7 Å². The molecule has 6 heteroatoms. The summed E-state index contributed by atoms with van der Waals surface area (Å²) in [5, 5.41) is 2.51. The van der Waals surface area contributed by atoms with Crippen LogP contribution in [0, 0.1) is 0 Å². The molecule has 0 bridgehead atoms. The van der Waals surface area contributed by atoms with E-state index in [-0.39, 0.29) is 17.8 Å². The van der Waals surface area contributed by atoms with E-state index < -0.39 is 0 Å². The molecule has 0 fully saturated rings. The van der Waals surface area contributed by atoms with Crippen molar-refractivity contribution >= 4 is 28.5 Å². The fourth-order valence-corrected chi connectivity index (χ4v) is 2.03. The van der Waals surface area contributed by atoms with Gasteiger partial charge < -0.3 is 9.88 Å². The van der Waals surface area contributed by atoms with E-state index in [1.807, 2.05) is 24.5 Å². The molecule has 5 nitrogen and oxygen atoms in total. The van der Waals surface area contributed by atoms with Crippen LogP contribution in [0.5, 0.6) is 0 Å². The van der Waals surface area contributed by atoms with Crippen molar-refractivity contribution in [1.82, 2.24) is 19.9 Å². The van der Waals surface area contributed by atoms with Gasteiger partial charge in [-0.25, -0.2) is 4.98 Å². The Bertz CT molecular complexity index is 564. The molecule has 2 aromatic heterocycles. The van der Waals surface area contributed by atoms with Crippen molar-refractivity contribution in [2.24, 2.45) is 0 Å². The van der Waals surface area contributed by atoms with E-state index >= 15 is 0 Å². The number of pyridine rings is 1. The fraction of sp³-hybridized carbons (Fsp3) is 0.417. The molecule has 1 N–H and O–H groups in total. The van der Waals surface area contributed by atoms with Crippen molar-refractivity contribution < 1.29 is 4.79 Å². The summed E-state index contributed by atoms with van der Waals surface area (Å²) in [5.74, 6) is 0.637. The van der Waals surface area contributed by atoms with E-state index in [1.54, 1.807) is 12.4 Å². The van der Waals surface area contributed by atoms with Gasteiger partial charge in [0.05, 0.1) is 17.1 Å². The second kappa shape index (κ2) is 5.35. The van der Waals surface area contributed by atoms with Crippen molar-refractivity contribution in [1.29, 1.82) is 0 Å². The van der Waals surface area contributed by atoms with Crippen LogP contribution in [0.25, 0.3) is 11.0 Å². The summed E-state index contributed by atoms with van der Waals surface area (Å²) in [6.45, 7) is 4.56. The maximum absolute atomic E-state index is 11.7. The van der Waals surface area contributed by atoms with Crippen LogP contribution >= 0.6 is 11.6 Å². The molecule has 18 heavy (non-hydrogen) atoms. The predicted octanol–water partition coefficient (Wildman–Crippen LogP) is 1.87. The second-order valence-electron chi connectivity index (χ2n) is 3.99. The molecule has 1 amide bonds. The Balaban J connectivity index is 2.45. The normalized spacial score (nSPS) is 12.6. The Morgan fingerprint density at radius 1 is 1.61 bits per heavy atom. The van der Waals surface area contributed by atoms with Crippen molar-refractivity contribution in [3.63, 3.8) is 0 Å². The van der Waals surface area contributed by atoms with E-state index in [2.05, 4.69) is 15.3 Å². The number of hydrogen-bond donors (Lipinski definition) is 1. The zero-order valence-corrected chi connectivity index (χ0v) is 11.1. The maximum atomic E-state index is 11.7. The van der Waals surface area contributed by atoms with Crippen molar-refractivity contribution in [3.8, 4) is 0 Å². The molecule has 0 radical (unpaired) electrons. The van der Waals surface area contributed by atoms with Crippen LogP contribution in [0.2, 0.25) is 0 Å². The van der Waals surface area contributed by atoms with Crippen LogP contribution in [-0.4, -0.2) is 27.0 Å². The molecule has 0 aliphatic rings. The van der Waals surface area contributed by atoms with Gasteiger partial charge in [0.15, 0.2) is 0 Å². The second-order valence-corrected chi connectivity index (χ2v) is 4.64. The lowest BCUT2D eigenvalue weighted by atomic mass is 10.4. The molecule has 2 aromatic rings. The van der Waals surface area contributed by atoms with Gasteiger partial charge in [0.25, 0.3) is 0 Å². The highest BCUT2D eigenvalue weighted by molar-refractivity contribution is 6.20. The highest BCUT2D eigenvalue weighted by Gasteiger charge is 2.16. The van der Waals surface area contributed by atoms with E-state index in [9.17, 15) is 4.79 Å². The number of hydrogen-bond acceptors (Lipinski definition) is 3. The molecular formula is C12H15ClN4O. The minimum Gasteiger partial charge on any atom is -0.355 e. The molecule has 1 unspecified atom stereocenters. The SMILES string of the molecule is CCNC(=O)Cn1c(C(C)Cl)nc2cnccc21. The lowest BCUT2D eigenvalue weighted by Gasteiger charge is -2.10. The van der Waals surface area contributed by atoms with E-state index in [4.69, 9.17) is 11.6 Å². The minimum atomic E-state index is -0.258. The van der Waals surface area contributed by atoms with Gasteiger partial charge in [-0.2, -0.15) is 0 Å². The van der Waals surface area contributed by atoms with Gasteiger partial charge >= 0.3 is 0 Å². The average Bonchev–Trinajstić information content (AvgIpc) is 2.69. The largest absolute Gasteiger partial charge is 0.355 e. The molecule has 0 saturated carbocycles. The molecule has 0 spiro atoms. The Kier molecular flexibility index (Phi) is 3.81. The summed E-state index contributed by atoms with van der Waals surface area (Å²) in [5.41, 5.74) is 1.63. The third-order valence-corrected chi connectivity index (χ3v) is 2.81. The predicted molar refractivity (Wildman–Crippen MR) is 70.5 cm³/mol. The number of rotatable bonds is 4. The van der Waals surface area contributed by atoms with Crippen LogP contribution < -0.4 is 5.32 Å². The number of nitrogens with one attached hydrogen (secondary N) is 1. The number of nitrogens with zero attached hydrogens (tertiary/aromatic N) is 3. The lowest BCUT2D eigenvalue weighted by Crippen LogP contribution is -2.27. The van der Waals surface area contributed by atoms with Crippen molar-refractivity contribution in [3.05, 3.63) is 24.3 Å². The van der Waals surface area contributed by atoms with E-state index in [0.29, 0.717) is 12.4 Å². The smallest absolute Gasteiger partial charge is 0.239 e. The number of likely N-dealkylation sites (N-methyl/N-ethyl adjacent to an activating group) is 1. The monoisotopic (exact) mass is 266 g/mol. The zero-order valence-electron chi connectivity index (χ0n) is 10.4. The first-order valence-electron chi connectivity index (χ1n) is 5.84. The number of fused-ring (bicyclic) bond motifs is 1. The highest BCUT2D eigenvalue weighted by atomic mass is 35.5. The van der Waals surface area contributed by atoms with Crippen molar-refractivity contribution in [2.45, 2.75) is 25.8 Å². The highest BCUT2D eigenvalue weighted by Crippen LogP contribution is 2.23. The molecule has 96 valence electrons. The number of carbonyl (C=O) groups excluding carboxylic acids is 1. The number of halogens is 1. The Morgan fingerprint density at radius 3 is 3.06 bits per heavy atom. The van der Waals surface area contributed by atoms with Crippen molar-refractivity contribution in [2.75, 3.05) is 6.54 Å². The Morgan fingerprint density at radius 2 is 2.39 bits per heavy atom. The van der Waals surface area contributed by atoms with Gasteiger partial charge in [0.1, 0.15) is 17.9 Å². The fourth-order valence-electron chi connectivity index (χ4n) is 1.87. The van der Waals surface area contributed by atoms with E-state index in [0.717, 1.165) is 11.0 Å². The molecule has 1 atom stereocenters. The number of amides is 1. The van der Waals surface area contributed by atoms with Gasteiger partial charge in [0.2, 0.25) is 5.91 Å². The van der Waals surface area contributed by atoms with E-state index in [1.165, 1.54) is 0 Å². The van der Waals surface area contributed by atoms with Crippen LogP contribution in [-0.2, 0) is 11.3 Å². The summed E-state index contributed by atoms with van der Waals surface area (Å²) >= 11 is 6.10. The number of imidazole rings is 1. The Hall–Kier alpha value is -1.62. The van der Waals surface area contributed by atoms with Gasteiger partial charge in [-0.05, 0) is 19.9 Å². The number of carbonyl (C=O) groups is 1.